The molecule has 16 aromatic carbocycles. The van der Waals surface area contributed by atoms with E-state index in [0.29, 0.717) is 34.9 Å². The van der Waals surface area contributed by atoms with Crippen LogP contribution in [0.5, 0.6) is 0 Å². The lowest BCUT2D eigenvalue weighted by molar-refractivity contribution is 0.669. The average Bonchev–Trinajstić information content (AvgIpc) is 1.63. The van der Waals surface area contributed by atoms with Crippen LogP contribution in [0, 0.1) is 0 Å². The molecule has 0 aliphatic carbocycles. The highest BCUT2D eigenvalue weighted by atomic mass is 32.1. The van der Waals surface area contributed by atoms with Crippen molar-refractivity contribution in [2.75, 3.05) is 0 Å². The summed E-state index contributed by atoms with van der Waals surface area (Å²) in [6, 6.07) is 136. The molecular formula is C102H64N8OS. The van der Waals surface area contributed by atoms with Gasteiger partial charge in [-0.25, -0.2) is 29.9 Å². The van der Waals surface area contributed by atoms with Gasteiger partial charge in [-0.15, -0.1) is 11.3 Å². The van der Waals surface area contributed by atoms with Gasteiger partial charge in [0.1, 0.15) is 11.2 Å². The smallest absolute Gasteiger partial charge is 0.166 e. The third-order valence-electron chi connectivity index (χ3n) is 21.3. The molecular weight excluding hydrogens is 1390 g/mol. The van der Waals surface area contributed by atoms with E-state index < -0.39 is 0 Å². The predicted molar refractivity (Wildman–Crippen MR) is 463 cm³/mol. The Hall–Kier alpha value is -14.8. The highest BCUT2D eigenvalue weighted by Crippen LogP contribution is 2.46. The molecule has 6 aromatic heterocycles. The van der Waals surface area contributed by atoms with Gasteiger partial charge in [0, 0.05) is 97.0 Å². The normalized spacial score (nSPS) is 11.6. The van der Waals surface area contributed by atoms with Crippen molar-refractivity contribution in [2.45, 2.75) is 0 Å². The van der Waals surface area contributed by atoms with Gasteiger partial charge < -0.3 is 13.6 Å². The SMILES string of the molecule is c1ccc(-c2nc(-c3ccccc3)nc(-c3ccc(-n4c5ccccc5c5c(-c6ccc7c(c6)oc6ccccc67)cccc54)c(-c4ccccc4)c3)n2)cc1.c1ccc(-c2nc(-c3ccccc3)nc(-c3cccc(-c4ccccc4)c3-n3c4ccccc4c4ccc(-c5ccc6sc7ccccc7c6c5)cc43)n2)cc1. The van der Waals surface area contributed by atoms with Gasteiger partial charge in [-0.2, -0.15) is 0 Å². The average molecular weight is 1450 g/mol. The summed E-state index contributed by atoms with van der Waals surface area (Å²) in [5, 5.41) is 9.59. The molecule has 0 spiro atoms. The molecule has 10 heteroatoms. The van der Waals surface area contributed by atoms with Crippen LogP contribution < -0.4 is 0 Å². The standard InChI is InChI=1S/C51H32N4O.C51H32N4S/c1-4-15-33(16-5-1)42-31-37(51-53-49(34-17-6-2-7-18-34)52-50(54-51)35-19-8-3-9-20-35)28-30-44(42)55-43-24-12-10-22-41(43)48-38(23-14-25-45(48)55)36-27-29-40-39-21-11-13-26-46(39)56-47(40)32-36;1-4-15-33(16-5-1)38-23-14-24-42(51-53-49(34-17-6-2-7-18-34)52-50(54-51)35-19-8-3-9-20-35)48(38)55-44-25-12-10-21-39(44)40-29-27-37(32-45(40)55)36-28-30-47-43(31-36)41-22-11-13-26-46(41)56-47/h2*1-32H. The molecule has 0 N–H and O–H groups in total. The Morgan fingerprint density at radius 2 is 0.625 bits per heavy atom. The summed E-state index contributed by atoms with van der Waals surface area (Å²) in [5.41, 5.74) is 22.9. The first kappa shape index (κ1) is 65.5. The van der Waals surface area contributed by atoms with E-state index in [1.807, 2.05) is 121 Å². The number of thiophene rings is 1. The van der Waals surface area contributed by atoms with Crippen molar-refractivity contribution >= 4 is 97.1 Å². The van der Waals surface area contributed by atoms with Gasteiger partial charge in [0.25, 0.3) is 0 Å². The van der Waals surface area contributed by atoms with E-state index in [9.17, 15) is 0 Å². The zero-order valence-corrected chi connectivity index (χ0v) is 61.2. The van der Waals surface area contributed by atoms with Crippen LogP contribution >= 0.6 is 11.3 Å². The molecule has 6 heterocycles. The number of nitrogens with zero attached hydrogens (tertiary/aromatic N) is 8. The molecule has 524 valence electrons. The summed E-state index contributed by atoms with van der Waals surface area (Å²) in [4.78, 5) is 30.6. The summed E-state index contributed by atoms with van der Waals surface area (Å²) >= 11 is 1.85. The highest BCUT2D eigenvalue weighted by Gasteiger charge is 2.26. The zero-order chi connectivity index (χ0) is 74.0. The van der Waals surface area contributed by atoms with Crippen LogP contribution in [0.15, 0.2) is 393 Å². The molecule has 0 bridgehead atoms. The monoisotopic (exact) mass is 1450 g/mol. The number of benzene rings is 16. The fraction of sp³-hybridized carbons (Fsp3) is 0. The van der Waals surface area contributed by atoms with E-state index in [1.54, 1.807) is 0 Å². The Balaban J connectivity index is 0.000000141. The summed E-state index contributed by atoms with van der Waals surface area (Å²) in [6.45, 7) is 0. The van der Waals surface area contributed by atoms with Gasteiger partial charge in [-0.05, 0) is 118 Å². The van der Waals surface area contributed by atoms with Gasteiger partial charge in [0.15, 0.2) is 34.9 Å². The van der Waals surface area contributed by atoms with Gasteiger partial charge in [-0.1, -0.05) is 303 Å². The van der Waals surface area contributed by atoms with E-state index in [-0.39, 0.29) is 0 Å². The maximum Gasteiger partial charge on any atom is 0.166 e. The Morgan fingerprint density at radius 1 is 0.205 bits per heavy atom. The van der Waals surface area contributed by atoms with E-state index in [2.05, 4.69) is 288 Å². The minimum atomic E-state index is 0.613. The number of furan rings is 1. The van der Waals surface area contributed by atoms with Crippen molar-refractivity contribution in [2.24, 2.45) is 0 Å². The molecule has 0 unspecified atom stereocenters. The van der Waals surface area contributed by atoms with Crippen molar-refractivity contribution < 1.29 is 4.42 Å². The number of para-hydroxylation sites is 4. The minimum absolute atomic E-state index is 0.613. The first-order chi connectivity index (χ1) is 55.5. The highest BCUT2D eigenvalue weighted by molar-refractivity contribution is 7.25. The molecule has 0 saturated heterocycles. The molecule has 22 aromatic rings. The molecule has 0 saturated carbocycles. The molecule has 0 atom stereocenters. The third-order valence-corrected chi connectivity index (χ3v) is 22.5. The lowest BCUT2D eigenvalue weighted by Gasteiger charge is -2.19. The summed E-state index contributed by atoms with van der Waals surface area (Å²) in [7, 11) is 0. The number of aromatic nitrogens is 8. The van der Waals surface area contributed by atoms with E-state index >= 15 is 0 Å². The number of hydrogen-bond acceptors (Lipinski definition) is 8. The van der Waals surface area contributed by atoms with Crippen LogP contribution in [-0.4, -0.2) is 39.0 Å². The van der Waals surface area contributed by atoms with Crippen molar-refractivity contribution in [1.29, 1.82) is 0 Å². The Morgan fingerprint density at radius 3 is 1.26 bits per heavy atom. The van der Waals surface area contributed by atoms with E-state index in [1.165, 1.54) is 47.3 Å². The Kier molecular flexibility index (Phi) is 16.2. The molecule has 0 radical (unpaired) electrons. The van der Waals surface area contributed by atoms with Gasteiger partial charge in [-0.3, -0.25) is 0 Å². The number of fused-ring (bicyclic) bond motifs is 12. The van der Waals surface area contributed by atoms with Crippen LogP contribution in [0.2, 0.25) is 0 Å². The van der Waals surface area contributed by atoms with Gasteiger partial charge >= 0.3 is 0 Å². The lowest BCUT2D eigenvalue weighted by atomic mass is 9.98. The lowest BCUT2D eigenvalue weighted by Crippen LogP contribution is -2.05. The molecule has 0 fully saturated rings. The fourth-order valence-electron chi connectivity index (χ4n) is 16.1. The molecule has 0 amide bonds. The maximum absolute atomic E-state index is 6.35. The van der Waals surface area contributed by atoms with Crippen molar-refractivity contribution in [3.63, 3.8) is 0 Å². The fourth-order valence-corrected chi connectivity index (χ4v) is 17.2. The second-order valence-electron chi connectivity index (χ2n) is 28.0. The molecule has 112 heavy (non-hydrogen) atoms. The molecule has 0 aliphatic rings. The van der Waals surface area contributed by atoms with Crippen molar-refractivity contribution in [1.82, 2.24) is 39.0 Å². The van der Waals surface area contributed by atoms with Crippen LogP contribution in [0.3, 0.4) is 0 Å². The van der Waals surface area contributed by atoms with Crippen LogP contribution in [-0.2, 0) is 0 Å². The first-order valence-corrected chi connectivity index (χ1v) is 38.4. The van der Waals surface area contributed by atoms with Crippen molar-refractivity contribution in [3.05, 3.63) is 388 Å². The zero-order valence-electron chi connectivity index (χ0n) is 60.3. The van der Waals surface area contributed by atoms with Crippen LogP contribution in [0.25, 0.3) is 210 Å². The maximum atomic E-state index is 6.35. The second-order valence-corrected chi connectivity index (χ2v) is 29.1. The Bertz CT molecular complexity index is 7250. The Labute approximate surface area is 648 Å². The van der Waals surface area contributed by atoms with Crippen LogP contribution in [0.4, 0.5) is 0 Å². The van der Waals surface area contributed by atoms with Crippen molar-refractivity contribution in [3.8, 4) is 124 Å². The molecule has 0 aliphatic heterocycles. The van der Waals surface area contributed by atoms with E-state index in [4.69, 9.17) is 34.3 Å². The summed E-state index contributed by atoms with van der Waals surface area (Å²) < 4.78 is 13.8. The number of rotatable bonds is 12. The topological polar surface area (TPSA) is 100 Å². The summed E-state index contributed by atoms with van der Waals surface area (Å²) in [6.07, 6.45) is 0. The predicted octanol–water partition coefficient (Wildman–Crippen LogP) is 26.9. The largest absolute Gasteiger partial charge is 0.456 e. The van der Waals surface area contributed by atoms with Gasteiger partial charge in [0.2, 0.25) is 0 Å². The third kappa shape index (κ3) is 11.6. The number of hydrogen-bond donors (Lipinski definition) is 0. The first-order valence-electron chi connectivity index (χ1n) is 37.6. The minimum Gasteiger partial charge on any atom is -0.456 e. The molecule has 22 rings (SSSR count). The summed E-state index contributed by atoms with van der Waals surface area (Å²) in [5.74, 6) is 3.76. The second kappa shape index (κ2) is 27.7. The van der Waals surface area contributed by atoms with Gasteiger partial charge in [0.05, 0.1) is 33.4 Å². The molecule has 9 nitrogen and oxygen atoms in total. The quantitative estimate of drug-likeness (QED) is 0.120. The van der Waals surface area contributed by atoms with Crippen LogP contribution in [0.1, 0.15) is 0 Å². The van der Waals surface area contributed by atoms with E-state index in [0.717, 1.165) is 128 Å².